The van der Waals surface area contributed by atoms with Gasteiger partial charge < -0.3 is 14.0 Å². The zero-order valence-corrected chi connectivity index (χ0v) is 19.9. The van der Waals surface area contributed by atoms with Gasteiger partial charge in [-0.25, -0.2) is 8.42 Å². The molecule has 0 aliphatic carbocycles. The predicted octanol–water partition coefficient (Wildman–Crippen LogP) is 0.322. The van der Waals surface area contributed by atoms with Crippen LogP contribution < -0.4 is 29.6 Å². The van der Waals surface area contributed by atoms with E-state index < -0.39 is 33.7 Å². The third kappa shape index (κ3) is 16.5. The molecule has 7 nitrogen and oxygen atoms in total. The van der Waals surface area contributed by atoms with Crippen molar-refractivity contribution in [2.75, 3.05) is 13.2 Å². The predicted molar refractivity (Wildman–Crippen MR) is 97.5 cm³/mol. The van der Waals surface area contributed by atoms with Crippen molar-refractivity contribution in [3.63, 3.8) is 0 Å². The van der Waals surface area contributed by atoms with E-state index >= 15 is 0 Å². The van der Waals surface area contributed by atoms with Crippen LogP contribution in [0.3, 0.4) is 0 Å². The Balaban J connectivity index is 0. The third-order valence-electron chi connectivity index (χ3n) is 3.97. The number of ether oxygens (including phenoxy) is 2. The average molecular weight is 417 g/mol. The summed E-state index contributed by atoms with van der Waals surface area (Å²) in [7, 11) is -4.97. The van der Waals surface area contributed by atoms with E-state index in [0.717, 1.165) is 25.7 Å². The molecular weight excluding hydrogens is 383 g/mol. The van der Waals surface area contributed by atoms with Gasteiger partial charge in [0.2, 0.25) is 0 Å². The minimum absolute atomic E-state index is 0. The molecule has 0 amide bonds. The van der Waals surface area contributed by atoms with Crippen LogP contribution in [0.2, 0.25) is 0 Å². The quantitative estimate of drug-likeness (QED) is 0.154. The van der Waals surface area contributed by atoms with Gasteiger partial charge in [-0.3, -0.25) is 9.59 Å². The van der Waals surface area contributed by atoms with Gasteiger partial charge in [0, 0.05) is 0 Å². The van der Waals surface area contributed by atoms with Gasteiger partial charge in [-0.1, -0.05) is 65.2 Å². The molecule has 0 rings (SSSR count). The van der Waals surface area contributed by atoms with Gasteiger partial charge >= 0.3 is 41.5 Å². The Labute approximate surface area is 186 Å². The maximum atomic E-state index is 11.7. The Hall–Kier alpha value is -0.150. The third-order valence-corrected chi connectivity index (χ3v) is 5.02. The van der Waals surface area contributed by atoms with Crippen LogP contribution in [0.5, 0.6) is 0 Å². The van der Waals surface area contributed by atoms with E-state index in [2.05, 4.69) is 6.92 Å². The molecule has 0 N–H and O–H groups in total. The fourth-order valence-corrected chi connectivity index (χ4v) is 2.99. The number of hydrogen-bond donors (Lipinski definition) is 0. The maximum Gasteiger partial charge on any atom is 1.00 e. The van der Waals surface area contributed by atoms with Gasteiger partial charge in [-0.05, 0) is 12.8 Å². The normalized spacial score (nSPS) is 12.1. The molecule has 0 bridgehead atoms. The summed E-state index contributed by atoms with van der Waals surface area (Å²) < 4.78 is 43.3. The zero-order chi connectivity index (χ0) is 19.8. The molecule has 1 atom stereocenters. The molecule has 0 aromatic rings. The molecule has 0 aromatic heterocycles. The molecule has 0 spiro atoms. The van der Waals surface area contributed by atoms with Gasteiger partial charge in [0.1, 0.15) is 10.1 Å². The van der Waals surface area contributed by atoms with E-state index in [-0.39, 0.29) is 42.8 Å². The second-order valence-corrected chi connectivity index (χ2v) is 7.96. The minimum Gasteiger partial charge on any atom is -0.747 e. The molecule has 1 unspecified atom stereocenters. The number of unbranched alkanes of at least 4 members (excludes halogenated alkanes) is 8. The Kier molecular flexibility index (Phi) is 19.3. The van der Waals surface area contributed by atoms with Crippen molar-refractivity contribution in [2.24, 2.45) is 0 Å². The molecular formula is C18H33NaO7S. The van der Waals surface area contributed by atoms with Crippen LogP contribution in [0.15, 0.2) is 0 Å². The smallest absolute Gasteiger partial charge is 0.747 e. The summed E-state index contributed by atoms with van der Waals surface area (Å²) in [5.74, 6) is -2.05. The second-order valence-electron chi connectivity index (χ2n) is 6.40. The van der Waals surface area contributed by atoms with E-state index in [1.165, 1.54) is 25.7 Å². The van der Waals surface area contributed by atoms with E-state index in [1.54, 1.807) is 0 Å². The van der Waals surface area contributed by atoms with Crippen LogP contribution in [-0.2, 0) is 29.2 Å². The van der Waals surface area contributed by atoms with E-state index in [4.69, 9.17) is 9.47 Å². The van der Waals surface area contributed by atoms with Gasteiger partial charge in [0.05, 0.1) is 19.6 Å². The van der Waals surface area contributed by atoms with E-state index in [9.17, 15) is 22.6 Å². The molecule has 0 aliphatic heterocycles. The number of carbonyl (C=O) groups is 2. The summed E-state index contributed by atoms with van der Waals surface area (Å²) in [6.45, 7) is 4.22. The first-order valence-electron chi connectivity index (χ1n) is 9.59. The first-order valence-corrected chi connectivity index (χ1v) is 11.1. The van der Waals surface area contributed by atoms with Crippen LogP contribution >= 0.6 is 0 Å². The van der Waals surface area contributed by atoms with Crippen molar-refractivity contribution in [3.8, 4) is 0 Å². The van der Waals surface area contributed by atoms with Crippen molar-refractivity contribution in [3.05, 3.63) is 0 Å². The fraction of sp³-hybridized carbons (Fsp3) is 0.889. The number of esters is 2. The van der Waals surface area contributed by atoms with Crippen LogP contribution in [0.1, 0.15) is 84.5 Å². The summed E-state index contributed by atoms with van der Waals surface area (Å²) in [5, 5.41) is -2.04. The minimum atomic E-state index is -4.97. The van der Waals surface area contributed by atoms with Crippen LogP contribution in [-0.4, -0.2) is 43.4 Å². The summed E-state index contributed by atoms with van der Waals surface area (Å²) in [4.78, 5) is 23.4. The summed E-state index contributed by atoms with van der Waals surface area (Å²) in [6, 6.07) is 0. The van der Waals surface area contributed by atoms with Crippen molar-refractivity contribution in [2.45, 2.75) is 89.7 Å². The van der Waals surface area contributed by atoms with Gasteiger partial charge in [-0.2, -0.15) is 0 Å². The Morgan fingerprint density at radius 3 is 1.81 bits per heavy atom. The topological polar surface area (TPSA) is 110 Å². The Morgan fingerprint density at radius 1 is 0.815 bits per heavy atom. The molecule has 0 saturated heterocycles. The van der Waals surface area contributed by atoms with Crippen molar-refractivity contribution < 1.29 is 61.6 Å². The number of hydrogen-bond acceptors (Lipinski definition) is 7. The first kappa shape index (κ1) is 29.1. The Bertz CT molecular complexity index is 494. The van der Waals surface area contributed by atoms with Crippen molar-refractivity contribution in [1.82, 2.24) is 0 Å². The van der Waals surface area contributed by atoms with Crippen LogP contribution in [0.25, 0.3) is 0 Å². The number of rotatable bonds is 16. The summed E-state index contributed by atoms with van der Waals surface area (Å²) in [6.07, 6.45) is 9.22. The Morgan fingerprint density at radius 2 is 1.30 bits per heavy atom. The molecule has 9 heteroatoms. The molecule has 0 radical (unpaired) electrons. The van der Waals surface area contributed by atoms with Crippen LogP contribution in [0, 0.1) is 0 Å². The van der Waals surface area contributed by atoms with Gasteiger partial charge in [0.15, 0.2) is 5.25 Å². The second kappa shape index (κ2) is 17.9. The molecule has 0 fully saturated rings. The average Bonchev–Trinajstić information content (AvgIpc) is 2.57. The summed E-state index contributed by atoms with van der Waals surface area (Å²) in [5.41, 5.74) is 0. The van der Waals surface area contributed by atoms with Gasteiger partial charge in [0.25, 0.3) is 0 Å². The van der Waals surface area contributed by atoms with E-state index in [1.807, 2.05) is 6.92 Å². The zero-order valence-electron chi connectivity index (χ0n) is 17.0. The standard InChI is InChI=1S/C18H34O7S.Na/c1-3-5-7-8-9-10-11-12-14-24-17(19)15-16(26(21,22)23)18(20)25-13-6-4-2;/h16H,3-15H2,1-2H3,(H,21,22,23);/q;+1/p-1. The molecule has 0 saturated carbocycles. The molecule has 0 aliphatic rings. The molecule has 154 valence electrons. The molecule has 0 heterocycles. The fourth-order valence-electron chi connectivity index (χ4n) is 2.35. The van der Waals surface area contributed by atoms with E-state index in [0.29, 0.717) is 12.8 Å². The monoisotopic (exact) mass is 416 g/mol. The van der Waals surface area contributed by atoms with Crippen molar-refractivity contribution in [1.29, 1.82) is 0 Å². The molecule has 0 aromatic carbocycles. The largest absolute Gasteiger partial charge is 1.00 e. The first-order chi connectivity index (χ1) is 12.3. The summed E-state index contributed by atoms with van der Waals surface area (Å²) >= 11 is 0. The number of carbonyl (C=O) groups excluding carboxylic acids is 2. The van der Waals surface area contributed by atoms with Gasteiger partial charge in [-0.15, -0.1) is 0 Å². The SMILES string of the molecule is CCCCCCCCCCOC(=O)CC(C(=O)OCCCC)S(=O)(=O)[O-].[Na+]. The maximum absolute atomic E-state index is 11.7. The molecule has 27 heavy (non-hydrogen) atoms. The van der Waals surface area contributed by atoms with Crippen molar-refractivity contribution >= 4 is 22.1 Å². The van der Waals surface area contributed by atoms with Crippen LogP contribution in [0.4, 0.5) is 0 Å².